The molecule has 1 aromatic carbocycles. The van der Waals surface area contributed by atoms with E-state index < -0.39 is 0 Å². The topological polar surface area (TPSA) is 33.3 Å². The third-order valence-electron chi connectivity index (χ3n) is 2.18. The van der Waals surface area contributed by atoms with Crippen LogP contribution in [-0.2, 0) is 4.74 Å². The minimum absolute atomic E-state index is 0.300. The summed E-state index contributed by atoms with van der Waals surface area (Å²) in [7, 11) is 1.65. The summed E-state index contributed by atoms with van der Waals surface area (Å²) in [5.41, 5.74) is 1.27. The Kier molecular flexibility index (Phi) is 5.86. The molecule has 0 saturated heterocycles. The van der Waals surface area contributed by atoms with Gasteiger partial charge in [-0.15, -0.1) is 0 Å². The maximum absolute atomic E-state index is 13.5. The molecule has 94 valence electrons. The lowest BCUT2D eigenvalue weighted by Gasteiger charge is -2.11. The zero-order valence-corrected chi connectivity index (χ0v) is 10.9. The van der Waals surface area contributed by atoms with Gasteiger partial charge in [-0.05, 0) is 43.3 Å². The van der Waals surface area contributed by atoms with Crippen LogP contribution in [-0.4, -0.2) is 25.4 Å². The van der Waals surface area contributed by atoms with Gasteiger partial charge in [0.2, 0.25) is 0 Å². The Morgan fingerprint density at radius 2 is 2.24 bits per heavy atom. The second-order valence-corrected chi connectivity index (χ2v) is 4.12. The fraction of sp³-hybridized carbons (Fsp3) is 0.417. The normalized spacial score (nSPS) is 10.1. The molecule has 0 amide bonds. The molecule has 0 bridgehead atoms. The third-order valence-corrected chi connectivity index (χ3v) is 2.43. The minimum Gasteiger partial charge on any atom is -0.385 e. The van der Waals surface area contributed by atoms with Crippen molar-refractivity contribution in [1.29, 1.82) is 0 Å². The number of anilines is 1. The highest BCUT2D eigenvalue weighted by atomic mass is 32.1. The lowest BCUT2D eigenvalue weighted by atomic mass is 10.2. The van der Waals surface area contributed by atoms with Crippen molar-refractivity contribution in [3.8, 4) is 0 Å². The second kappa shape index (κ2) is 7.19. The second-order valence-electron chi connectivity index (χ2n) is 3.71. The first-order chi connectivity index (χ1) is 8.13. The Balaban J connectivity index is 2.40. The SMILES string of the molecule is COCCCNC(=S)Nc1ccc(C)cc1F. The molecule has 0 atom stereocenters. The quantitative estimate of drug-likeness (QED) is 0.626. The monoisotopic (exact) mass is 256 g/mol. The highest BCUT2D eigenvalue weighted by Crippen LogP contribution is 2.14. The number of hydrogen-bond donors (Lipinski definition) is 2. The third kappa shape index (κ3) is 5.10. The lowest BCUT2D eigenvalue weighted by Crippen LogP contribution is -2.30. The number of aryl methyl sites for hydroxylation is 1. The van der Waals surface area contributed by atoms with Crippen molar-refractivity contribution in [3.05, 3.63) is 29.6 Å². The van der Waals surface area contributed by atoms with Crippen LogP contribution >= 0.6 is 12.2 Å². The minimum atomic E-state index is -0.300. The average Bonchev–Trinajstić information content (AvgIpc) is 2.28. The van der Waals surface area contributed by atoms with Crippen LogP contribution in [0.5, 0.6) is 0 Å². The summed E-state index contributed by atoms with van der Waals surface area (Å²) < 4.78 is 18.4. The van der Waals surface area contributed by atoms with E-state index in [-0.39, 0.29) is 5.82 Å². The maximum atomic E-state index is 13.5. The van der Waals surface area contributed by atoms with Gasteiger partial charge < -0.3 is 15.4 Å². The van der Waals surface area contributed by atoms with Crippen LogP contribution in [0, 0.1) is 12.7 Å². The van der Waals surface area contributed by atoms with Crippen LogP contribution in [0.4, 0.5) is 10.1 Å². The molecule has 0 heterocycles. The van der Waals surface area contributed by atoms with Crippen LogP contribution in [0.25, 0.3) is 0 Å². The summed E-state index contributed by atoms with van der Waals surface area (Å²) >= 11 is 5.05. The summed E-state index contributed by atoms with van der Waals surface area (Å²) in [5, 5.41) is 6.22. The number of ether oxygens (including phenoxy) is 1. The van der Waals surface area contributed by atoms with Gasteiger partial charge in [-0.1, -0.05) is 6.07 Å². The van der Waals surface area contributed by atoms with E-state index in [4.69, 9.17) is 17.0 Å². The van der Waals surface area contributed by atoms with Gasteiger partial charge in [-0.2, -0.15) is 0 Å². The standard InChI is InChI=1S/C12H17FN2OS/c1-9-4-5-11(10(13)8-9)15-12(17)14-6-3-7-16-2/h4-5,8H,3,6-7H2,1-2H3,(H2,14,15,17). The molecule has 0 saturated carbocycles. The molecule has 3 nitrogen and oxygen atoms in total. The highest BCUT2D eigenvalue weighted by molar-refractivity contribution is 7.80. The van der Waals surface area contributed by atoms with Crippen molar-refractivity contribution in [1.82, 2.24) is 5.32 Å². The van der Waals surface area contributed by atoms with Crippen molar-refractivity contribution in [3.63, 3.8) is 0 Å². The smallest absolute Gasteiger partial charge is 0.170 e. The molecule has 5 heteroatoms. The van der Waals surface area contributed by atoms with Gasteiger partial charge in [0.15, 0.2) is 5.11 Å². The summed E-state index contributed by atoms with van der Waals surface area (Å²) in [6.45, 7) is 3.22. The van der Waals surface area contributed by atoms with Gasteiger partial charge in [0.05, 0.1) is 5.69 Å². The van der Waals surface area contributed by atoms with Crippen molar-refractivity contribution >= 4 is 23.0 Å². The van der Waals surface area contributed by atoms with Gasteiger partial charge in [0.25, 0.3) is 0 Å². The van der Waals surface area contributed by atoms with Crippen LogP contribution < -0.4 is 10.6 Å². The molecule has 2 N–H and O–H groups in total. The average molecular weight is 256 g/mol. The summed E-state index contributed by atoms with van der Waals surface area (Å²) in [6.07, 6.45) is 0.856. The molecule has 0 aliphatic heterocycles. The first-order valence-corrected chi connectivity index (χ1v) is 5.84. The number of halogens is 1. The first kappa shape index (κ1) is 13.9. The predicted molar refractivity (Wildman–Crippen MR) is 71.9 cm³/mol. The number of rotatable bonds is 5. The van der Waals surface area contributed by atoms with Crippen molar-refractivity contribution in [2.45, 2.75) is 13.3 Å². The molecule has 0 fully saturated rings. The molecule has 0 aliphatic rings. The van der Waals surface area contributed by atoms with E-state index in [2.05, 4.69) is 10.6 Å². The Morgan fingerprint density at radius 1 is 1.47 bits per heavy atom. The molecule has 17 heavy (non-hydrogen) atoms. The van der Waals surface area contributed by atoms with E-state index in [0.29, 0.717) is 24.0 Å². The van der Waals surface area contributed by atoms with Crippen molar-refractivity contribution < 1.29 is 9.13 Å². The Hall–Kier alpha value is -1.20. The van der Waals surface area contributed by atoms with Gasteiger partial charge in [-0.25, -0.2) is 4.39 Å². The number of nitrogens with one attached hydrogen (secondary N) is 2. The number of thiocarbonyl (C=S) groups is 1. The van der Waals surface area contributed by atoms with E-state index in [1.165, 1.54) is 6.07 Å². The predicted octanol–water partition coefficient (Wildman–Crippen LogP) is 2.46. The van der Waals surface area contributed by atoms with Crippen LogP contribution in [0.3, 0.4) is 0 Å². The van der Waals surface area contributed by atoms with Crippen LogP contribution in [0.2, 0.25) is 0 Å². The van der Waals surface area contributed by atoms with Crippen LogP contribution in [0.15, 0.2) is 18.2 Å². The van der Waals surface area contributed by atoms with E-state index in [0.717, 1.165) is 12.0 Å². The Bertz CT molecular complexity index is 385. The molecular weight excluding hydrogens is 239 g/mol. The molecule has 0 aliphatic carbocycles. The summed E-state index contributed by atoms with van der Waals surface area (Å²) in [4.78, 5) is 0. The fourth-order valence-corrected chi connectivity index (χ4v) is 1.52. The van der Waals surface area contributed by atoms with Gasteiger partial charge in [0.1, 0.15) is 5.82 Å². The van der Waals surface area contributed by atoms with Gasteiger partial charge >= 0.3 is 0 Å². The van der Waals surface area contributed by atoms with Crippen molar-refractivity contribution in [2.24, 2.45) is 0 Å². The molecule has 1 rings (SSSR count). The van der Waals surface area contributed by atoms with Crippen LogP contribution in [0.1, 0.15) is 12.0 Å². The first-order valence-electron chi connectivity index (χ1n) is 5.43. The Labute approximate surface area is 106 Å². The molecule has 0 spiro atoms. The largest absolute Gasteiger partial charge is 0.385 e. The van der Waals surface area contributed by atoms with Crippen molar-refractivity contribution in [2.75, 3.05) is 25.6 Å². The summed E-state index contributed by atoms with van der Waals surface area (Å²) in [5.74, 6) is -0.300. The molecular formula is C12H17FN2OS. The molecule has 0 unspecified atom stereocenters. The summed E-state index contributed by atoms with van der Waals surface area (Å²) in [6, 6.07) is 4.97. The lowest BCUT2D eigenvalue weighted by molar-refractivity contribution is 0.196. The number of benzene rings is 1. The fourth-order valence-electron chi connectivity index (χ4n) is 1.31. The zero-order valence-electron chi connectivity index (χ0n) is 10.0. The van der Waals surface area contributed by atoms with E-state index >= 15 is 0 Å². The van der Waals surface area contributed by atoms with Gasteiger partial charge in [0, 0.05) is 20.3 Å². The van der Waals surface area contributed by atoms with E-state index in [1.807, 2.05) is 13.0 Å². The van der Waals surface area contributed by atoms with Gasteiger partial charge in [-0.3, -0.25) is 0 Å². The molecule has 0 aromatic heterocycles. The number of methoxy groups -OCH3 is 1. The molecule has 0 radical (unpaired) electrons. The van der Waals surface area contributed by atoms with E-state index in [1.54, 1.807) is 13.2 Å². The molecule has 1 aromatic rings. The maximum Gasteiger partial charge on any atom is 0.170 e. The van der Waals surface area contributed by atoms with E-state index in [9.17, 15) is 4.39 Å². The number of hydrogen-bond acceptors (Lipinski definition) is 2. The highest BCUT2D eigenvalue weighted by Gasteiger charge is 2.03. The Morgan fingerprint density at radius 3 is 2.88 bits per heavy atom. The zero-order chi connectivity index (χ0) is 12.7.